The van der Waals surface area contributed by atoms with Crippen molar-refractivity contribution in [3.05, 3.63) is 69.5 Å². The quantitative estimate of drug-likeness (QED) is 0.212. The van der Waals surface area contributed by atoms with Crippen LogP contribution < -0.4 is 0 Å². The van der Waals surface area contributed by atoms with Crippen LogP contribution >= 0.6 is 11.3 Å². The van der Waals surface area contributed by atoms with Gasteiger partial charge in [0.25, 0.3) is 0 Å². The maximum Gasteiger partial charge on any atom is 0.316 e. The van der Waals surface area contributed by atoms with Crippen molar-refractivity contribution in [1.29, 1.82) is 0 Å². The number of aliphatic hydroxyl groups is 4. The lowest BCUT2D eigenvalue weighted by Gasteiger charge is -2.51. The van der Waals surface area contributed by atoms with Gasteiger partial charge in [0.15, 0.2) is 18.4 Å². The smallest absolute Gasteiger partial charge is 0.316 e. The van der Waals surface area contributed by atoms with E-state index in [4.69, 9.17) is 47.4 Å². The second-order valence-electron chi connectivity index (χ2n) is 19.1. The van der Waals surface area contributed by atoms with Gasteiger partial charge in [0.1, 0.15) is 42.0 Å². The standard InChI is InChI=1S/C48H68O15S/c1-24-10-9-11-31-22-56-45-40(50)26(3)16-34(48(31,45)53)46(52)59-33-17-32(62-47(20-33)21-35(49)27(4)43(63-47)30-14-15-64-23-30)13-12-25(2)42(24)60-39-19-37(55-8)44(29(6)58-39)61-38-18-36(54-7)41(51)28(5)57-38/h9-12,14-16,23-24,27-29,32-45,49-51,53H,13,17-22H2,1-8H3/b10-9-,25-12-,31-11?/t24-,27-,28-,29-,32+,33-,34-,35?,36-,37-,38-,39-,40+,41-,42-,43?,44-,45+,47-,48+/m0/s1. The first-order chi connectivity index (χ1) is 30.5. The maximum atomic E-state index is 14.4. The number of carbonyl (C=O) groups excluding carboxylic acids is 1. The summed E-state index contributed by atoms with van der Waals surface area (Å²) in [5.74, 6) is -3.51. The Hall–Kier alpha value is -2.39. The van der Waals surface area contributed by atoms with Crippen molar-refractivity contribution in [3.8, 4) is 0 Å². The first kappa shape index (κ1) is 48.1. The van der Waals surface area contributed by atoms with E-state index in [0.717, 1.165) is 11.1 Å². The van der Waals surface area contributed by atoms with E-state index in [2.05, 4.69) is 6.08 Å². The van der Waals surface area contributed by atoms with Crippen LogP contribution in [0.1, 0.15) is 91.7 Å². The first-order valence-electron chi connectivity index (χ1n) is 22.9. The number of fused-ring (bicyclic) bond motifs is 2. The predicted molar refractivity (Wildman–Crippen MR) is 233 cm³/mol. The Morgan fingerprint density at radius 1 is 0.875 bits per heavy atom. The van der Waals surface area contributed by atoms with E-state index < -0.39 is 115 Å². The highest BCUT2D eigenvalue weighted by Gasteiger charge is 2.60. The fourth-order valence-electron chi connectivity index (χ4n) is 10.9. The Morgan fingerprint density at radius 3 is 2.34 bits per heavy atom. The third-order valence-electron chi connectivity index (χ3n) is 14.7. The molecule has 20 atom stereocenters. The minimum absolute atomic E-state index is 0.00398. The minimum atomic E-state index is -1.88. The minimum Gasteiger partial charge on any atom is -0.462 e. The highest BCUT2D eigenvalue weighted by atomic mass is 32.1. The number of ether oxygens (including phenoxy) is 10. The molecule has 1 aromatic heterocycles. The van der Waals surface area contributed by atoms with Crippen molar-refractivity contribution in [2.24, 2.45) is 17.8 Å². The number of hydrogen-bond acceptors (Lipinski definition) is 16. The molecule has 6 aliphatic heterocycles. The van der Waals surface area contributed by atoms with Gasteiger partial charge in [0.2, 0.25) is 0 Å². The van der Waals surface area contributed by atoms with Crippen LogP contribution in [0.5, 0.6) is 0 Å². The van der Waals surface area contributed by atoms with Crippen molar-refractivity contribution in [3.63, 3.8) is 0 Å². The van der Waals surface area contributed by atoms with E-state index in [1.807, 2.05) is 56.7 Å². The molecule has 0 saturated carbocycles. The van der Waals surface area contributed by atoms with Gasteiger partial charge in [-0.2, -0.15) is 11.3 Å². The summed E-state index contributed by atoms with van der Waals surface area (Å²) in [5.41, 5.74) is 0.933. The van der Waals surface area contributed by atoms with Crippen LogP contribution in [0.2, 0.25) is 0 Å². The first-order valence-corrected chi connectivity index (χ1v) is 23.8. The summed E-state index contributed by atoms with van der Waals surface area (Å²) in [6, 6.07) is 1.99. The van der Waals surface area contributed by atoms with Gasteiger partial charge in [0.05, 0.1) is 55.4 Å². The van der Waals surface area contributed by atoms with Crippen LogP contribution in [0.3, 0.4) is 0 Å². The monoisotopic (exact) mass is 916 g/mol. The Labute approximate surface area is 380 Å². The number of methoxy groups -OCH3 is 2. The van der Waals surface area contributed by atoms with E-state index in [0.29, 0.717) is 36.8 Å². The molecule has 8 rings (SSSR count). The Kier molecular flexibility index (Phi) is 14.8. The molecule has 7 aliphatic rings. The largest absolute Gasteiger partial charge is 0.462 e. The summed E-state index contributed by atoms with van der Waals surface area (Å²) < 4.78 is 63.6. The van der Waals surface area contributed by atoms with Gasteiger partial charge in [-0.05, 0) is 73.2 Å². The molecule has 0 amide bonds. The van der Waals surface area contributed by atoms with Gasteiger partial charge in [-0.3, -0.25) is 4.79 Å². The van der Waals surface area contributed by atoms with E-state index >= 15 is 0 Å². The van der Waals surface area contributed by atoms with Crippen molar-refractivity contribution in [2.75, 3.05) is 20.8 Å². The zero-order valence-corrected chi connectivity index (χ0v) is 39.0. The summed E-state index contributed by atoms with van der Waals surface area (Å²) in [4.78, 5) is 14.4. The molecule has 64 heavy (non-hydrogen) atoms. The molecule has 0 radical (unpaired) electrons. The number of rotatable bonds is 7. The SMILES string of the molecule is CO[C@H]1C[C@H](O[C@H]2[C@H](C)O[C@@H](O[C@@H]3/C(C)=C\C[C@@H]4C[C@@H](C[C@]5(CC(O)[C@H](C)C(c6ccsc6)O5)O4)OC(=O)[C@@H]4C=C(C)[C@@H](O)[C@H]5OCC(=C/C=C\[C@@H]3C)[C@]54O)C[C@@H]2OC)O[C@@H](C)[C@@H]1O. The lowest BCUT2D eigenvalue weighted by Crippen LogP contribution is -2.58. The van der Waals surface area contributed by atoms with Gasteiger partial charge in [-0.1, -0.05) is 44.2 Å². The van der Waals surface area contributed by atoms with E-state index in [1.54, 1.807) is 51.6 Å². The molecular formula is C48H68O15S. The van der Waals surface area contributed by atoms with Crippen molar-refractivity contribution in [1.82, 2.24) is 0 Å². The molecule has 4 N–H and O–H groups in total. The molecule has 1 spiro atoms. The van der Waals surface area contributed by atoms with Crippen LogP contribution in [-0.4, -0.2) is 144 Å². The number of thiophene rings is 1. The molecule has 1 aromatic rings. The number of hydrogen-bond donors (Lipinski definition) is 4. The summed E-state index contributed by atoms with van der Waals surface area (Å²) >= 11 is 1.55. The molecule has 16 heteroatoms. The average molecular weight is 917 g/mol. The van der Waals surface area contributed by atoms with Gasteiger partial charge in [-0.25, -0.2) is 0 Å². The van der Waals surface area contributed by atoms with Crippen molar-refractivity contribution >= 4 is 17.3 Å². The fraction of sp³-hybridized carbons (Fsp3) is 0.729. The van der Waals surface area contributed by atoms with Gasteiger partial charge in [-0.15, -0.1) is 0 Å². The van der Waals surface area contributed by atoms with Crippen LogP contribution in [-0.2, 0) is 52.2 Å². The van der Waals surface area contributed by atoms with Crippen LogP contribution in [0, 0.1) is 17.8 Å². The molecule has 5 fully saturated rings. The fourth-order valence-corrected chi connectivity index (χ4v) is 11.6. The third-order valence-corrected chi connectivity index (χ3v) is 15.4. The topological polar surface area (TPSA) is 190 Å². The summed E-state index contributed by atoms with van der Waals surface area (Å²) in [6.45, 7) is 11.4. The van der Waals surface area contributed by atoms with Gasteiger partial charge < -0.3 is 67.8 Å². The Bertz CT molecular complexity index is 1900. The zero-order valence-electron chi connectivity index (χ0n) is 38.1. The number of esters is 1. The molecule has 1 aliphatic carbocycles. The van der Waals surface area contributed by atoms with Gasteiger partial charge >= 0.3 is 5.97 Å². The summed E-state index contributed by atoms with van der Waals surface area (Å²) in [6.07, 6.45) is 1.66. The molecule has 0 aromatic carbocycles. The van der Waals surface area contributed by atoms with Crippen molar-refractivity contribution in [2.45, 2.75) is 183 Å². The number of allylic oxidation sites excluding steroid dienone is 2. The predicted octanol–water partition coefficient (Wildman–Crippen LogP) is 4.96. The molecule has 5 saturated heterocycles. The summed E-state index contributed by atoms with van der Waals surface area (Å²) in [5, 5.41) is 49.8. The molecule has 2 bridgehead atoms. The average Bonchev–Trinajstić information content (AvgIpc) is 3.92. The lowest BCUT2D eigenvalue weighted by atomic mass is 9.71. The van der Waals surface area contributed by atoms with Gasteiger partial charge in [0, 0.05) is 58.2 Å². The molecule has 2 unspecified atom stereocenters. The van der Waals surface area contributed by atoms with Crippen LogP contribution in [0.25, 0.3) is 0 Å². The maximum absolute atomic E-state index is 14.4. The number of aliphatic hydroxyl groups excluding tert-OH is 3. The number of carbonyl (C=O) groups is 1. The van der Waals surface area contributed by atoms with E-state index in [9.17, 15) is 25.2 Å². The normalized spacial score (nSPS) is 48.1. The van der Waals surface area contributed by atoms with Crippen LogP contribution in [0.15, 0.2) is 63.9 Å². The highest BCUT2D eigenvalue weighted by molar-refractivity contribution is 7.08. The Balaban J connectivity index is 1.09. The van der Waals surface area contributed by atoms with E-state index in [1.165, 1.54) is 0 Å². The molecule has 15 nitrogen and oxygen atoms in total. The lowest BCUT2D eigenvalue weighted by molar-refractivity contribution is -0.350. The second-order valence-corrected chi connectivity index (χ2v) is 19.9. The van der Waals surface area contributed by atoms with E-state index in [-0.39, 0.29) is 31.3 Å². The molecular weight excluding hydrogens is 849 g/mol. The Morgan fingerprint density at radius 2 is 1.61 bits per heavy atom. The zero-order chi connectivity index (χ0) is 45.7. The van der Waals surface area contributed by atoms with Crippen LogP contribution in [0.4, 0.5) is 0 Å². The molecule has 356 valence electrons. The second kappa shape index (κ2) is 19.7. The molecule has 7 heterocycles. The summed E-state index contributed by atoms with van der Waals surface area (Å²) in [7, 11) is 3.20. The third kappa shape index (κ3) is 9.53. The highest BCUT2D eigenvalue weighted by Crippen LogP contribution is 2.50. The van der Waals surface area contributed by atoms with Crippen molar-refractivity contribution < 1.29 is 72.6 Å².